The van der Waals surface area contributed by atoms with Gasteiger partial charge in [0.05, 0.1) is 5.56 Å². The molecule has 0 aliphatic heterocycles. The van der Waals surface area contributed by atoms with E-state index in [1.165, 1.54) is 6.07 Å². The van der Waals surface area contributed by atoms with Crippen molar-refractivity contribution in [3.05, 3.63) is 57.2 Å². The van der Waals surface area contributed by atoms with Crippen LogP contribution in [0.4, 0.5) is 5.69 Å². The molecule has 2 aromatic carbocycles. The molecule has 0 aromatic heterocycles. The second-order valence-corrected chi connectivity index (χ2v) is 5.75. The van der Waals surface area contributed by atoms with Gasteiger partial charge < -0.3 is 16.2 Å². The number of benzene rings is 2. The Morgan fingerprint density at radius 2 is 2.00 bits per heavy atom. The number of hydrogen-bond acceptors (Lipinski definition) is 3. The largest absolute Gasteiger partial charge is 0.507 e. The predicted octanol–water partition coefficient (Wildman–Crippen LogP) is 2.88. The standard InChI is InChI=1S/C14H11IN2O2S/c15-9-4-5-12(18)11(7-9)14(19)17-10-3-1-2-8(6-10)13(16)20/h1-7,18H,(H2,16,20)(H,17,19). The van der Waals surface area contributed by atoms with Crippen LogP contribution < -0.4 is 11.1 Å². The average molecular weight is 398 g/mol. The molecular weight excluding hydrogens is 387 g/mol. The Hall–Kier alpha value is -1.67. The first-order valence-corrected chi connectivity index (χ1v) is 7.16. The molecule has 0 heterocycles. The maximum atomic E-state index is 12.1. The Kier molecular flexibility index (Phi) is 4.56. The van der Waals surface area contributed by atoms with Crippen molar-refractivity contribution < 1.29 is 9.90 Å². The van der Waals surface area contributed by atoms with E-state index in [1.807, 2.05) is 0 Å². The van der Waals surface area contributed by atoms with Crippen LogP contribution in [0.2, 0.25) is 0 Å². The summed E-state index contributed by atoms with van der Waals surface area (Å²) in [5, 5.41) is 12.4. The second kappa shape index (κ2) is 6.19. The Morgan fingerprint density at radius 1 is 1.25 bits per heavy atom. The number of amides is 1. The summed E-state index contributed by atoms with van der Waals surface area (Å²) < 4.78 is 0.863. The fraction of sp³-hybridized carbons (Fsp3) is 0. The number of anilines is 1. The average Bonchev–Trinajstić information content (AvgIpc) is 2.41. The number of phenolic OH excluding ortho intramolecular Hbond substituents is 1. The van der Waals surface area contributed by atoms with Gasteiger partial charge in [-0.25, -0.2) is 0 Å². The molecule has 4 N–H and O–H groups in total. The van der Waals surface area contributed by atoms with Crippen molar-refractivity contribution in [1.82, 2.24) is 0 Å². The van der Waals surface area contributed by atoms with E-state index in [1.54, 1.807) is 36.4 Å². The highest BCUT2D eigenvalue weighted by atomic mass is 127. The summed E-state index contributed by atoms with van der Waals surface area (Å²) in [4.78, 5) is 12.4. The summed E-state index contributed by atoms with van der Waals surface area (Å²) >= 11 is 6.97. The third-order valence-corrected chi connectivity index (χ3v) is 3.51. The van der Waals surface area contributed by atoms with Gasteiger partial charge in [0.2, 0.25) is 0 Å². The van der Waals surface area contributed by atoms with Gasteiger partial charge in [0, 0.05) is 14.8 Å². The van der Waals surface area contributed by atoms with Crippen LogP contribution in [0.5, 0.6) is 5.75 Å². The van der Waals surface area contributed by atoms with Crippen LogP contribution in [-0.2, 0) is 0 Å². The summed E-state index contributed by atoms with van der Waals surface area (Å²) in [6, 6.07) is 11.8. The van der Waals surface area contributed by atoms with Crippen LogP contribution in [-0.4, -0.2) is 16.0 Å². The van der Waals surface area contributed by atoms with Gasteiger partial charge in [-0.2, -0.15) is 0 Å². The minimum absolute atomic E-state index is 0.0617. The van der Waals surface area contributed by atoms with Gasteiger partial charge in [0.15, 0.2) is 0 Å². The fourth-order valence-corrected chi connectivity index (χ4v) is 2.26. The van der Waals surface area contributed by atoms with Crippen LogP contribution in [0.3, 0.4) is 0 Å². The smallest absolute Gasteiger partial charge is 0.259 e. The van der Waals surface area contributed by atoms with E-state index in [-0.39, 0.29) is 22.2 Å². The Bertz CT molecular complexity index is 689. The molecule has 2 aromatic rings. The molecule has 0 unspecified atom stereocenters. The minimum Gasteiger partial charge on any atom is -0.507 e. The third kappa shape index (κ3) is 3.45. The first-order valence-electron chi connectivity index (χ1n) is 5.67. The normalized spacial score (nSPS) is 10.1. The number of hydrogen-bond donors (Lipinski definition) is 3. The zero-order valence-electron chi connectivity index (χ0n) is 10.3. The van der Waals surface area contributed by atoms with Gasteiger partial charge in [-0.3, -0.25) is 4.79 Å². The van der Waals surface area contributed by atoms with E-state index >= 15 is 0 Å². The number of halogens is 1. The number of nitrogens with one attached hydrogen (secondary N) is 1. The van der Waals surface area contributed by atoms with Crippen molar-refractivity contribution in [2.24, 2.45) is 5.73 Å². The van der Waals surface area contributed by atoms with E-state index in [2.05, 4.69) is 27.9 Å². The number of carbonyl (C=O) groups is 1. The van der Waals surface area contributed by atoms with Gasteiger partial charge in [-0.15, -0.1) is 0 Å². The highest BCUT2D eigenvalue weighted by Gasteiger charge is 2.12. The molecule has 0 saturated heterocycles. The van der Waals surface area contributed by atoms with Gasteiger partial charge in [-0.1, -0.05) is 24.4 Å². The maximum Gasteiger partial charge on any atom is 0.259 e. The molecule has 0 fully saturated rings. The molecule has 0 atom stereocenters. The summed E-state index contributed by atoms with van der Waals surface area (Å²) in [6.07, 6.45) is 0. The Labute approximate surface area is 135 Å². The van der Waals surface area contributed by atoms with Gasteiger partial charge in [0.1, 0.15) is 10.7 Å². The molecule has 4 nitrogen and oxygen atoms in total. The quantitative estimate of drug-likeness (QED) is 0.549. The van der Waals surface area contributed by atoms with Crippen molar-refractivity contribution in [2.75, 3.05) is 5.32 Å². The first-order chi connectivity index (χ1) is 9.47. The summed E-state index contributed by atoms with van der Waals surface area (Å²) in [7, 11) is 0. The zero-order chi connectivity index (χ0) is 14.7. The first kappa shape index (κ1) is 14.7. The molecule has 0 spiro atoms. The van der Waals surface area contributed by atoms with Crippen molar-refractivity contribution in [3.8, 4) is 5.75 Å². The molecule has 102 valence electrons. The Balaban J connectivity index is 2.25. The molecule has 0 aliphatic carbocycles. The minimum atomic E-state index is -0.388. The zero-order valence-corrected chi connectivity index (χ0v) is 13.2. The predicted molar refractivity (Wildman–Crippen MR) is 91.1 cm³/mol. The molecular formula is C14H11IN2O2S. The summed E-state index contributed by atoms with van der Waals surface area (Å²) in [5.41, 5.74) is 7.01. The van der Waals surface area contributed by atoms with Gasteiger partial charge >= 0.3 is 0 Å². The van der Waals surface area contributed by atoms with E-state index < -0.39 is 0 Å². The number of phenols is 1. The van der Waals surface area contributed by atoms with Crippen molar-refractivity contribution in [1.29, 1.82) is 0 Å². The lowest BCUT2D eigenvalue weighted by molar-refractivity contribution is 0.102. The van der Waals surface area contributed by atoms with Crippen LogP contribution in [0, 0.1) is 3.57 Å². The van der Waals surface area contributed by atoms with Crippen LogP contribution in [0.15, 0.2) is 42.5 Å². The monoisotopic (exact) mass is 398 g/mol. The molecule has 6 heteroatoms. The van der Waals surface area contributed by atoms with Gasteiger partial charge in [-0.05, 0) is 52.9 Å². The number of aromatic hydroxyl groups is 1. The molecule has 2 rings (SSSR count). The summed E-state index contributed by atoms with van der Waals surface area (Å²) in [5.74, 6) is -0.450. The fourth-order valence-electron chi connectivity index (χ4n) is 1.64. The van der Waals surface area contributed by atoms with Crippen LogP contribution in [0.1, 0.15) is 15.9 Å². The van der Waals surface area contributed by atoms with Crippen LogP contribution >= 0.6 is 34.8 Å². The molecule has 20 heavy (non-hydrogen) atoms. The van der Waals surface area contributed by atoms with Gasteiger partial charge in [0.25, 0.3) is 5.91 Å². The maximum absolute atomic E-state index is 12.1. The topological polar surface area (TPSA) is 75.3 Å². The molecule has 1 amide bonds. The van der Waals surface area contributed by atoms with E-state index in [4.69, 9.17) is 18.0 Å². The van der Waals surface area contributed by atoms with E-state index in [9.17, 15) is 9.90 Å². The van der Waals surface area contributed by atoms with Crippen LogP contribution in [0.25, 0.3) is 0 Å². The second-order valence-electron chi connectivity index (χ2n) is 4.06. The SMILES string of the molecule is NC(=S)c1cccc(NC(=O)c2cc(I)ccc2O)c1. The lowest BCUT2D eigenvalue weighted by Gasteiger charge is -2.08. The van der Waals surface area contributed by atoms with Crippen molar-refractivity contribution in [2.45, 2.75) is 0 Å². The number of thiocarbonyl (C=S) groups is 1. The molecule has 0 bridgehead atoms. The lowest BCUT2D eigenvalue weighted by atomic mass is 10.1. The lowest BCUT2D eigenvalue weighted by Crippen LogP contribution is -2.14. The third-order valence-electron chi connectivity index (χ3n) is 2.61. The highest BCUT2D eigenvalue weighted by Crippen LogP contribution is 2.21. The number of nitrogens with two attached hydrogens (primary N) is 1. The molecule has 0 aliphatic rings. The Morgan fingerprint density at radius 3 is 2.70 bits per heavy atom. The van der Waals surface area contributed by atoms with Crippen molar-refractivity contribution >= 4 is 51.4 Å². The molecule has 0 saturated carbocycles. The van der Waals surface area contributed by atoms with Crippen molar-refractivity contribution in [3.63, 3.8) is 0 Å². The van der Waals surface area contributed by atoms with E-state index in [0.29, 0.717) is 11.3 Å². The molecule has 0 radical (unpaired) electrons. The summed E-state index contributed by atoms with van der Waals surface area (Å²) in [6.45, 7) is 0. The number of carbonyl (C=O) groups excluding carboxylic acids is 1. The highest BCUT2D eigenvalue weighted by molar-refractivity contribution is 14.1. The number of rotatable bonds is 3. The van der Waals surface area contributed by atoms with E-state index in [0.717, 1.165) is 3.57 Å².